The van der Waals surface area contributed by atoms with Gasteiger partial charge < -0.3 is 15.2 Å². The van der Waals surface area contributed by atoms with Crippen LogP contribution >= 0.6 is 0 Å². The fourth-order valence-electron chi connectivity index (χ4n) is 2.88. The molecular formula is C22H26N4O3. The molecule has 0 aliphatic carbocycles. The van der Waals surface area contributed by atoms with Crippen LogP contribution in [0.25, 0.3) is 0 Å². The first kappa shape index (κ1) is 20.5. The Bertz CT molecular complexity index is 933. The van der Waals surface area contributed by atoms with Gasteiger partial charge in [-0.25, -0.2) is 9.67 Å². The highest BCUT2D eigenvalue weighted by molar-refractivity contribution is 5.90. The maximum absolute atomic E-state index is 12.3. The summed E-state index contributed by atoms with van der Waals surface area (Å²) in [4.78, 5) is 16.4. The van der Waals surface area contributed by atoms with Crippen LogP contribution in [0.2, 0.25) is 0 Å². The minimum atomic E-state index is -0.766. The van der Waals surface area contributed by atoms with E-state index in [9.17, 15) is 9.90 Å². The molecule has 0 bridgehead atoms. The van der Waals surface area contributed by atoms with Gasteiger partial charge in [0.25, 0.3) is 5.91 Å². The van der Waals surface area contributed by atoms with Gasteiger partial charge in [0.05, 0.1) is 19.8 Å². The number of nitrogens with one attached hydrogen (secondary N) is 1. The smallest absolute Gasteiger partial charge is 0.291 e. The number of hydrogen-bond acceptors (Lipinski definition) is 5. The zero-order valence-electron chi connectivity index (χ0n) is 16.9. The second kappa shape index (κ2) is 9.34. The monoisotopic (exact) mass is 394 g/mol. The van der Waals surface area contributed by atoms with Gasteiger partial charge in [-0.15, -0.1) is 5.10 Å². The first-order chi connectivity index (χ1) is 14.0. The predicted molar refractivity (Wildman–Crippen MR) is 110 cm³/mol. The van der Waals surface area contributed by atoms with Crippen molar-refractivity contribution in [1.29, 1.82) is 0 Å². The molecule has 0 saturated heterocycles. The largest absolute Gasteiger partial charge is 0.497 e. The first-order valence-corrected chi connectivity index (χ1v) is 9.54. The van der Waals surface area contributed by atoms with Crippen LogP contribution in [0.5, 0.6) is 5.75 Å². The number of hydrogen-bond donors (Lipinski definition) is 2. The fraction of sp³-hybridized carbons (Fsp3) is 0.318. The van der Waals surface area contributed by atoms with Crippen molar-refractivity contribution >= 4 is 5.91 Å². The summed E-state index contributed by atoms with van der Waals surface area (Å²) >= 11 is 0. The van der Waals surface area contributed by atoms with Crippen molar-refractivity contribution in [1.82, 2.24) is 20.1 Å². The molecule has 7 heteroatoms. The Morgan fingerprint density at radius 3 is 2.38 bits per heavy atom. The molecule has 7 nitrogen and oxygen atoms in total. The lowest BCUT2D eigenvalue weighted by Crippen LogP contribution is -2.24. The van der Waals surface area contributed by atoms with Crippen LogP contribution in [0.3, 0.4) is 0 Å². The van der Waals surface area contributed by atoms with E-state index < -0.39 is 6.10 Å². The zero-order valence-corrected chi connectivity index (χ0v) is 16.9. The number of amides is 1. The van der Waals surface area contributed by atoms with Crippen molar-refractivity contribution in [2.45, 2.75) is 39.0 Å². The number of nitrogens with zero attached hydrogens (tertiary/aromatic N) is 3. The molecular weight excluding hydrogens is 368 g/mol. The molecule has 1 heterocycles. The second-order valence-electron chi connectivity index (χ2n) is 7.16. The highest BCUT2D eigenvalue weighted by atomic mass is 16.5. The number of aliphatic hydroxyl groups is 1. The fourth-order valence-corrected chi connectivity index (χ4v) is 2.88. The van der Waals surface area contributed by atoms with Crippen LogP contribution in [0.15, 0.2) is 54.9 Å². The van der Waals surface area contributed by atoms with Crippen LogP contribution in [0.4, 0.5) is 0 Å². The van der Waals surface area contributed by atoms with Crippen molar-refractivity contribution in [3.8, 4) is 5.75 Å². The summed E-state index contributed by atoms with van der Waals surface area (Å²) in [5.41, 5.74) is 3.00. The number of rotatable bonds is 8. The molecule has 0 spiro atoms. The molecule has 3 rings (SSSR count). The molecule has 2 N–H and O–H groups in total. The Labute approximate surface area is 170 Å². The van der Waals surface area contributed by atoms with Gasteiger partial charge in [-0.2, -0.15) is 0 Å². The molecule has 152 valence electrons. The van der Waals surface area contributed by atoms with Gasteiger partial charge in [0.15, 0.2) is 0 Å². The van der Waals surface area contributed by atoms with Crippen molar-refractivity contribution < 1.29 is 14.6 Å². The average molecular weight is 394 g/mol. The molecule has 0 unspecified atom stereocenters. The molecule has 0 aliphatic rings. The summed E-state index contributed by atoms with van der Waals surface area (Å²) in [6.07, 6.45) is 0.678. The Balaban J connectivity index is 1.54. The van der Waals surface area contributed by atoms with Crippen molar-refractivity contribution in [3.05, 3.63) is 77.4 Å². The summed E-state index contributed by atoms with van der Waals surface area (Å²) in [6, 6.07) is 15.3. The van der Waals surface area contributed by atoms with Gasteiger partial charge in [-0.3, -0.25) is 4.79 Å². The van der Waals surface area contributed by atoms with Crippen LogP contribution in [0.1, 0.15) is 53.2 Å². The summed E-state index contributed by atoms with van der Waals surface area (Å²) in [5.74, 6) is 0.918. The van der Waals surface area contributed by atoms with E-state index in [0.717, 1.165) is 16.9 Å². The van der Waals surface area contributed by atoms with E-state index in [1.165, 1.54) is 16.6 Å². The van der Waals surface area contributed by atoms with E-state index in [-0.39, 0.29) is 18.3 Å². The lowest BCUT2D eigenvalue weighted by molar-refractivity contribution is 0.0938. The lowest BCUT2D eigenvalue weighted by Gasteiger charge is -2.11. The van der Waals surface area contributed by atoms with Crippen molar-refractivity contribution in [3.63, 3.8) is 0 Å². The maximum Gasteiger partial charge on any atom is 0.291 e. The summed E-state index contributed by atoms with van der Waals surface area (Å²) in [5, 5.41) is 17.4. The molecule has 3 aromatic rings. The normalized spacial score (nSPS) is 12.0. The predicted octanol–water partition coefficient (Wildman–Crippen LogP) is 3.07. The molecule has 0 saturated carbocycles. The quantitative estimate of drug-likeness (QED) is 0.613. The third-order valence-electron chi connectivity index (χ3n) is 4.70. The Hall–Kier alpha value is -3.19. The van der Waals surface area contributed by atoms with E-state index in [4.69, 9.17) is 4.74 Å². The number of aromatic nitrogens is 3. The molecule has 29 heavy (non-hydrogen) atoms. The second-order valence-corrected chi connectivity index (χ2v) is 7.16. The van der Waals surface area contributed by atoms with E-state index >= 15 is 0 Å². The minimum Gasteiger partial charge on any atom is -0.497 e. The summed E-state index contributed by atoms with van der Waals surface area (Å²) in [6.45, 7) is 4.89. The molecule has 0 radical (unpaired) electrons. The molecule has 1 aromatic heterocycles. The number of benzene rings is 2. The third kappa shape index (κ3) is 5.42. The van der Waals surface area contributed by atoms with Gasteiger partial charge in [0.1, 0.15) is 12.1 Å². The standard InChI is InChI=1S/C22H26N4O3/c1-15(2)17-6-4-16(5-7-17)12-23-22(28)21-24-14-26(25-21)13-20(27)18-8-10-19(29-3)11-9-18/h4-11,14-15,20,27H,12-13H2,1-3H3,(H,23,28)/t20-/m0/s1. The Kier molecular flexibility index (Phi) is 6.61. The number of carbonyl (C=O) groups is 1. The molecule has 1 amide bonds. The highest BCUT2D eigenvalue weighted by Gasteiger charge is 2.14. The molecule has 1 atom stereocenters. The van der Waals surface area contributed by atoms with Gasteiger partial charge in [-0.1, -0.05) is 50.2 Å². The average Bonchev–Trinajstić information content (AvgIpc) is 3.21. The van der Waals surface area contributed by atoms with E-state index in [1.807, 2.05) is 12.1 Å². The number of methoxy groups -OCH3 is 1. The lowest BCUT2D eigenvalue weighted by atomic mass is 10.0. The van der Waals surface area contributed by atoms with E-state index in [2.05, 4.69) is 41.4 Å². The number of aliphatic hydroxyl groups excluding tert-OH is 1. The summed E-state index contributed by atoms with van der Waals surface area (Å²) in [7, 11) is 1.59. The highest BCUT2D eigenvalue weighted by Crippen LogP contribution is 2.19. The van der Waals surface area contributed by atoms with Crippen LogP contribution < -0.4 is 10.1 Å². The van der Waals surface area contributed by atoms with E-state index in [0.29, 0.717) is 12.5 Å². The number of ether oxygens (including phenoxy) is 1. The topological polar surface area (TPSA) is 89.3 Å². The van der Waals surface area contributed by atoms with Crippen molar-refractivity contribution in [2.75, 3.05) is 7.11 Å². The Morgan fingerprint density at radius 1 is 1.10 bits per heavy atom. The SMILES string of the molecule is COc1ccc([C@@H](O)Cn2cnc(C(=O)NCc3ccc(C(C)C)cc3)n2)cc1. The van der Waals surface area contributed by atoms with Crippen molar-refractivity contribution in [2.24, 2.45) is 0 Å². The number of carbonyl (C=O) groups excluding carboxylic acids is 1. The van der Waals surface area contributed by atoms with Crippen LogP contribution in [-0.2, 0) is 13.1 Å². The minimum absolute atomic E-state index is 0.0748. The van der Waals surface area contributed by atoms with Crippen LogP contribution in [0, 0.1) is 0 Å². The third-order valence-corrected chi connectivity index (χ3v) is 4.70. The zero-order chi connectivity index (χ0) is 20.8. The molecule has 2 aromatic carbocycles. The van der Waals surface area contributed by atoms with E-state index in [1.54, 1.807) is 31.4 Å². The Morgan fingerprint density at radius 2 is 1.76 bits per heavy atom. The van der Waals surface area contributed by atoms with Gasteiger partial charge >= 0.3 is 0 Å². The summed E-state index contributed by atoms with van der Waals surface area (Å²) < 4.78 is 6.57. The maximum atomic E-state index is 12.3. The van der Waals surface area contributed by atoms with Gasteiger partial charge in [0.2, 0.25) is 5.82 Å². The van der Waals surface area contributed by atoms with Gasteiger partial charge in [-0.05, 0) is 34.7 Å². The van der Waals surface area contributed by atoms with Crippen LogP contribution in [-0.4, -0.2) is 32.9 Å². The van der Waals surface area contributed by atoms with Gasteiger partial charge in [0, 0.05) is 6.54 Å². The molecule has 0 aliphatic heterocycles. The first-order valence-electron chi connectivity index (χ1n) is 9.54. The molecule has 0 fully saturated rings.